The van der Waals surface area contributed by atoms with E-state index in [2.05, 4.69) is 17.6 Å². The number of unbranched alkanes of at least 4 members (excludes halogenated alkanes) is 2. The highest BCUT2D eigenvalue weighted by Crippen LogP contribution is 2.07. The molecule has 0 heterocycles. The van der Waals surface area contributed by atoms with Crippen LogP contribution in [-0.2, 0) is 4.79 Å². The smallest absolute Gasteiger partial charge is 0.226 e. The molecule has 0 aliphatic rings. The SMILES string of the molecule is CCCCCC(=O)NC(=S)Nc1ccc(F)cc1. The number of amides is 1. The molecule has 0 bridgehead atoms. The van der Waals surface area contributed by atoms with Crippen molar-refractivity contribution >= 4 is 28.9 Å². The van der Waals surface area contributed by atoms with E-state index in [-0.39, 0.29) is 16.8 Å². The quantitative estimate of drug-likeness (QED) is 0.636. The van der Waals surface area contributed by atoms with Crippen LogP contribution in [0.1, 0.15) is 32.6 Å². The molecular weight excluding hydrogens is 251 g/mol. The number of halogens is 1. The summed E-state index contributed by atoms with van der Waals surface area (Å²) >= 11 is 4.99. The van der Waals surface area contributed by atoms with Gasteiger partial charge >= 0.3 is 0 Å². The van der Waals surface area contributed by atoms with Gasteiger partial charge in [-0.15, -0.1) is 0 Å². The second-order valence-electron chi connectivity index (χ2n) is 3.97. The van der Waals surface area contributed by atoms with Crippen molar-refractivity contribution in [2.75, 3.05) is 5.32 Å². The Bertz CT molecular complexity index is 406. The zero-order valence-corrected chi connectivity index (χ0v) is 11.1. The first-order chi connectivity index (χ1) is 8.61. The summed E-state index contributed by atoms with van der Waals surface area (Å²) in [6.45, 7) is 2.08. The van der Waals surface area contributed by atoms with Gasteiger partial charge in [0.1, 0.15) is 5.82 Å². The molecular formula is C13H17FN2OS. The molecule has 0 aromatic heterocycles. The zero-order valence-electron chi connectivity index (χ0n) is 10.3. The van der Waals surface area contributed by atoms with Crippen LogP contribution in [-0.4, -0.2) is 11.0 Å². The van der Waals surface area contributed by atoms with Crippen molar-refractivity contribution in [1.82, 2.24) is 5.32 Å². The summed E-state index contributed by atoms with van der Waals surface area (Å²) in [6.07, 6.45) is 3.44. The van der Waals surface area contributed by atoms with Gasteiger partial charge in [0.15, 0.2) is 5.11 Å². The summed E-state index contributed by atoms with van der Waals surface area (Å²) in [4.78, 5) is 11.5. The molecule has 0 unspecified atom stereocenters. The van der Waals surface area contributed by atoms with Gasteiger partial charge in [-0.1, -0.05) is 19.8 Å². The number of benzene rings is 1. The van der Waals surface area contributed by atoms with Gasteiger partial charge in [0.25, 0.3) is 0 Å². The fourth-order valence-corrected chi connectivity index (χ4v) is 1.65. The van der Waals surface area contributed by atoms with Crippen molar-refractivity contribution < 1.29 is 9.18 Å². The first-order valence-corrected chi connectivity index (χ1v) is 6.39. The first kappa shape index (κ1) is 14.6. The van der Waals surface area contributed by atoms with Gasteiger partial charge in [-0.05, 0) is 42.9 Å². The molecule has 98 valence electrons. The van der Waals surface area contributed by atoms with Crippen LogP contribution in [0.15, 0.2) is 24.3 Å². The average Bonchev–Trinajstić information content (AvgIpc) is 2.32. The fraction of sp³-hybridized carbons (Fsp3) is 0.385. The van der Waals surface area contributed by atoms with Gasteiger partial charge < -0.3 is 10.6 Å². The molecule has 1 rings (SSSR count). The number of hydrogen-bond donors (Lipinski definition) is 2. The number of rotatable bonds is 5. The van der Waals surface area contributed by atoms with Crippen molar-refractivity contribution in [3.8, 4) is 0 Å². The molecule has 3 nitrogen and oxygen atoms in total. The lowest BCUT2D eigenvalue weighted by molar-refractivity contribution is -0.119. The van der Waals surface area contributed by atoms with E-state index < -0.39 is 0 Å². The first-order valence-electron chi connectivity index (χ1n) is 5.98. The van der Waals surface area contributed by atoms with Crippen LogP contribution in [0.2, 0.25) is 0 Å². The Labute approximate surface area is 112 Å². The second-order valence-corrected chi connectivity index (χ2v) is 4.37. The molecule has 0 saturated carbocycles. The van der Waals surface area contributed by atoms with Crippen LogP contribution in [0.25, 0.3) is 0 Å². The third-order valence-electron chi connectivity index (χ3n) is 2.36. The van der Waals surface area contributed by atoms with Crippen molar-refractivity contribution in [1.29, 1.82) is 0 Å². The Balaban J connectivity index is 2.32. The lowest BCUT2D eigenvalue weighted by Gasteiger charge is -2.09. The molecule has 1 amide bonds. The third-order valence-corrected chi connectivity index (χ3v) is 2.57. The van der Waals surface area contributed by atoms with Gasteiger partial charge in [-0.3, -0.25) is 4.79 Å². The predicted octanol–water partition coefficient (Wildman–Crippen LogP) is 3.22. The summed E-state index contributed by atoms with van der Waals surface area (Å²) in [6, 6.07) is 5.78. The molecule has 2 N–H and O–H groups in total. The average molecular weight is 268 g/mol. The Hall–Kier alpha value is -1.49. The molecule has 5 heteroatoms. The maximum absolute atomic E-state index is 12.7. The highest BCUT2D eigenvalue weighted by atomic mass is 32.1. The second kappa shape index (κ2) is 7.76. The minimum Gasteiger partial charge on any atom is -0.332 e. The Morgan fingerprint density at radius 3 is 2.56 bits per heavy atom. The van der Waals surface area contributed by atoms with Gasteiger partial charge in [-0.2, -0.15) is 0 Å². The summed E-state index contributed by atoms with van der Waals surface area (Å²) in [5, 5.41) is 5.65. The maximum atomic E-state index is 12.7. The number of carbonyl (C=O) groups excluding carboxylic acids is 1. The number of carbonyl (C=O) groups is 1. The molecule has 0 atom stereocenters. The lowest BCUT2D eigenvalue weighted by Crippen LogP contribution is -2.33. The molecule has 0 radical (unpaired) electrons. The van der Waals surface area contributed by atoms with Crippen LogP contribution >= 0.6 is 12.2 Å². The lowest BCUT2D eigenvalue weighted by atomic mass is 10.2. The van der Waals surface area contributed by atoms with E-state index in [4.69, 9.17) is 12.2 Å². The standard InChI is InChI=1S/C13H17FN2OS/c1-2-3-4-5-12(17)16-13(18)15-11-8-6-10(14)7-9-11/h6-9H,2-5H2,1H3,(H2,15,16,17,18). The van der Waals surface area contributed by atoms with Gasteiger partial charge in [0, 0.05) is 12.1 Å². The molecule has 0 spiro atoms. The zero-order chi connectivity index (χ0) is 13.4. The Morgan fingerprint density at radius 2 is 1.94 bits per heavy atom. The fourth-order valence-electron chi connectivity index (χ4n) is 1.42. The van der Waals surface area contributed by atoms with Gasteiger partial charge in [0.2, 0.25) is 5.91 Å². The number of nitrogens with one attached hydrogen (secondary N) is 2. The minimum absolute atomic E-state index is 0.0944. The predicted molar refractivity (Wildman–Crippen MR) is 74.9 cm³/mol. The van der Waals surface area contributed by atoms with E-state index >= 15 is 0 Å². The molecule has 1 aromatic carbocycles. The van der Waals surface area contributed by atoms with Crippen LogP contribution in [0.3, 0.4) is 0 Å². The summed E-state index contributed by atoms with van der Waals surface area (Å²) in [7, 11) is 0. The summed E-state index contributed by atoms with van der Waals surface area (Å²) in [5.41, 5.74) is 0.648. The molecule has 1 aromatic rings. The van der Waals surface area contributed by atoms with Crippen molar-refractivity contribution in [2.24, 2.45) is 0 Å². The van der Waals surface area contributed by atoms with Crippen molar-refractivity contribution in [3.63, 3.8) is 0 Å². The Morgan fingerprint density at radius 1 is 1.28 bits per heavy atom. The highest BCUT2D eigenvalue weighted by Gasteiger charge is 2.04. The maximum Gasteiger partial charge on any atom is 0.226 e. The molecule has 18 heavy (non-hydrogen) atoms. The van der Waals surface area contributed by atoms with E-state index in [1.807, 2.05) is 0 Å². The van der Waals surface area contributed by atoms with Crippen molar-refractivity contribution in [2.45, 2.75) is 32.6 Å². The molecule has 0 fully saturated rings. The number of anilines is 1. The van der Waals surface area contributed by atoms with E-state index in [9.17, 15) is 9.18 Å². The number of thiocarbonyl (C=S) groups is 1. The molecule has 0 aliphatic heterocycles. The number of hydrogen-bond acceptors (Lipinski definition) is 2. The van der Waals surface area contributed by atoms with Crippen LogP contribution in [0.4, 0.5) is 10.1 Å². The normalized spacial score (nSPS) is 9.89. The molecule has 0 saturated heterocycles. The van der Waals surface area contributed by atoms with Gasteiger partial charge in [-0.25, -0.2) is 4.39 Å². The highest BCUT2D eigenvalue weighted by molar-refractivity contribution is 7.80. The van der Waals surface area contributed by atoms with Crippen LogP contribution < -0.4 is 10.6 Å². The molecule has 0 aliphatic carbocycles. The third kappa shape index (κ3) is 5.72. The van der Waals surface area contributed by atoms with E-state index in [0.29, 0.717) is 12.1 Å². The largest absolute Gasteiger partial charge is 0.332 e. The van der Waals surface area contributed by atoms with E-state index in [1.54, 1.807) is 12.1 Å². The Kier molecular flexibility index (Phi) is 6.28. The van der Waals surface area contributed by atoms with Crippen molar-refractivity contribution in [3.05, 3.63) is 30.1 Å². The topological polar surface area (TPSA) is 41.1 Å². The monoisotopic (exact) mass is 268 g/mol. The minimum atomic E-state index is -0.310. The van der Waals surface area contributed by atoms with Crippen LogP contribution in [0.5, 0.6) is 0 Å². The van der Waals surface area contributed by atoms with Crippen LogP contribution in [0, 0.1) is 5.82 Å². The summed E-state index contributed by atoms with van der Waals surface area (Å²) in [5.74, 6) is -0.405. The van der Waals surface area contributed by atoms with E-state index in [1.165, 1.54) is 12.1 Å². The van der Waals surface area contributed by atoms with Gasteiger partial charge in [0.05, 0.1) is 0 Å². The summed E-state index contributed by atoms with van der Waals surface area (Å²) < 4.78 is 12.7. The van der Waals surface area contributed by atoms with E-state index in [0.717, 1.165) is 19.3 Å².